The first kappa shape index (κ1) is 22.6. The van der Waals surface area contributed by atoms with Gasteiger partial charge in [0.05, 0.1) is 32.0 Å². The summed E-state index contributed by atoms with van der Waals surface area (Å²) in [7, 11) is 1.33. The van der Waals surface area contributed by atoms with E-state index < -0.39 is 11.7 Å². The molecule has 0 radical (unpaired) electrons. The van der Waals surface area contributed by atoms with Crippen molar-refractivity contribution in [3.05, 3.63) is 47.2 Å². The topological polar surface area (TPSA) is 71.7 Å². The van der Waals surface area contributed by atoms with Gasteiger partial charge in [0, 0.05) is 12.0 Å². The van der Waals surface area contributed by atoms with Crippen molar-refractivity contribution in [2.45, 2.75) is 52.4 Å². The molecule has 2 aromatic rings. The molecule has 0 aliphatic heterocycles. The van der Waals surface area contributed by atoms with Gasteiger partial charge >= 0.3 is 6.18 Å². The molecular weight excluding hydrogens is 385 g/mol. The third-order valence-corrected chi connectivity index (χ3v) is 4.07. The maximum atomic E-state index is 13.3. The molecule has 0 spiro atoms. The van der Waals surface area contributed by atoms with Gasteiger partial charge in [-0.2, -0.15) is 13.2 Å². The van der Waals surface area contributed by atoms with Gasteiger partial charge < -0.3 is 19.8 Å². The summed E-state index contributed by atoms with van der Waals surface area (Å²) in [6.45, 7) is 8.59. The minimum absolute atomic E-state index is 0.0571. The molecule has 0 unspecified atom stereocenters. The van der Waals surface area contributed by atoms with E-state index in [4.69, 9.17) is 9.15 Å². The lowest BCUT2D eigenvalue weighted by atomic mass is 9.94. The zero-order valence-corrected chi connectivity index (χ0v) is 17.3. The van der Waals surface area contributed by atoms with E-state index in [-0.39, 0.29) is 29.8 Å². The van der Waals surface area contributed by atoms with Gasteiger partial charge in [-0.05, 0) is 24.6 Å². The van der Waals surface area contributed by atoms with E-state index in [1.807, 2.05) is 27.7 Å². The molecule has 1 aromatic heterocycles. The van der Waals surface area contributed by atoms with E-state index in [2.05, 4.69) is 20.6 Å². The van der Waals surface area contributed by atoms with Crippen LogP contribution in [0.25, 0.3) is 0 Å². The average Bonchev–Trinajstić information content (AvgIpc) is 3.12. The number of methoxy groups -OCH3 is 1. The van der Waals surface area contributed by atoms with E-state index in [1.54, 1.807) is 6.20 Å². The van der Waals surface area contributed by atoms with Crippen LogP contribution in [0, 0.1) is 0 Å². The van der Waals surface area contributed by atoms with Crippen LogP contribution in [-0.2, 0) is 24.7 Å². The van der Waals surface area contributed by atoms with Gasteiger partial charge in [0.15, 0.2) is 5.96 Å². The Morgan fingerprint density at radius 1 is 1.21 bits per heavy atom. The number of hydrogen-bond acceptors (Lipinski definition) is 4. The zero-order valence-electron chi connectivity index (χ0n) is 17.3. The van der Waals surface area contributed by atoms with Gasteiger partial charge in [0.25, 0.3) is 0 Å². The quantitative estimate of drug-likeness (QED) is 0.548. The Morgan fingerprint density at radius 2 is 1.93 bits per heavy atom. The van der Waals surface area contributed by atoms with Crippen molar-refractivity contribution in [3.8, 4) is 5.75 Å². The van der Waals surface area contributed by atoms with E-state index >= 15 is 0 Å². The van der Waals surface area contributed by atoms with Gasteiger partial charge in [-0.3, -0.25) is 0 Å². The van der Waals surface area contributed by atoms with Crippen LogP contribution >= 0.6 is 0 Å². The number of halogens is 3. The standard InChI is InChI=1S/C20H27F3N4O2/c1-6-24-18(27-12-17-25-11-16(29-17)19(2,3)4)26-10-13-7-8-14(28-5)9-15(13)20(21,22)23/h7-9,11H,6,10,12H2,1-5H3,(H2,24,26,27). The fraction of sp³-hybridized carbons (Fsp3) is 0.500. The molecule has 9 heteroatoms. The molecule has 1 aromatic carbocycles. The number of nitrogens with one attached hydrogen (secondary N) is 2. The second kappa shape index (κ2) is 9.19. The molecule has 1 heterocycles. The first-order valence-electron chi connectivity index (χ1n) is 9.26. The smallest absolute Gasteiger partial charge is 0.416 e. The fourth-order valence-electron chi connectivity index (χ4n) is 2.49. The second-order valence-electron chi connectivity index (χ2n) is 7.44. The number of alkyl halides is 3. The summed E-state index contributed by atoms with van der Waals surface area (Å²) < 4.78 is 50.7. The lowest BCUT2D eigenvalue weighted by molar-refractivity contribution is -0.138. The molecule has 6 nitrogen and oxygen atoms in total. The van der Waals surface area contributed by atoms with Gasteiger partial charge in [-0.15, -0.1) is 0 Å². The molecule has 0 aliphatic rings. The van der Waals surface area contributed by atoms with E-state index in [9.17, 15) is 13.2 Å². The lowest BCUT2D eigenvalue weighted by Gasteiger charge is -2.15. The molecule has 0 amide bonds. The third kappa shape index (κ3) is 6.40. The fourth-order valence-corrected chi connectivity index (χ4v) is 2.49. The summed E-state index contributed by atoms with van der Waals surface area (Å²) in [4.78, 5) is 8.49. The summed E-state index contributed by atoms with van der Waals surface area (Å²) in [6, 6.07) is 3.84. The Morgan fingerprint density at radius 3 is 2.48 bits per heavy atom. The van der Waals surface area contributed by atoms with Crippen LogP contribution in [-0.4, -0.2) is 24.6 Å². The van der Waals surface area contributed by atoms with E-state index in [1.165, 1.54) is 19.2 Å². The Labute approximate surface area is 168 Å². The predicted molar refractivity (Wildman–Crippen MR) is 105 cm³/mol. The third-order valence-electron chi connectivity index (χ3n) is 4.07. The predicted octanol–water partition coefficient (Wildman–Crippen LogP) is 4.25. The number of aromatic nitrogens is 1. The molecule has 29 heavy (non-hydrogen) atoms. The maximum absolute atomic E-state index is 13.3. The van der Waals surface area contributed by atoms with Crippen molar-refractivity contribution in [3.63, 3.8) is 0 Å². The summed E-state index contributed by atoms with van der Waals surface area (Å²) in [6.07, 6.45) is -2.82. The zero-order chi connectivity index (χ0) is 21.7. The summed E-state index contributed by atoms with van der Waals surface area (Å²) >= 11 is 0. The number of oxazole rings is 1. The number of nitrogens with zero attached hydrogens (tertiary/aromatic N) is 2. The highest BCUT2D eigenvalue weighted by Gasteiger charge is 2.33. The van der Waals surface area contributed by atoms with Crippen LogP contribution in [0.15, 0.2) is 33.8 Å². The van der Waals surface area contributed by atoms with Crippen molar-refractivity contribution < 1.29 is 22.3 Å². The highest BCUT2D eigenvalue weighted by atomic mass is 19.4. The monoisotopic (exact) mass is 412 g/mol. The van der Waals surface area contributed by atoms with E-state index in [0.717, 1.165) is 11.8 Å². The van der Waals surface area contributed by atoms with Crippen molar-refractivity contribution in [1.29, 1.82) is 0 Å². The van der Waals surface area contributed by atoms with Crippen LogP contribution in [0.1, 0.15) is 50.5 Å². The molecule has 0 aliphatic carbocycles. The number of aliphatic imine (C=N–C) groups is 1. The Kier molecular flexibility index (Phi) is 7.16. The molecule has 0 saturated carbocycles. The average molecular weight is 412 g/mol. The van der Waals surface area contributed by atoms with Crippen molar-refractivity contribution in [1.82, 2.24) is 15.6 Å². The largest absolute Gasteiger partial charge is 0.497 e. The highest BCUT2D eigenvalue weighted by molar-refractivity contribution is 5.79. The Bertz CT molecular complexity index is 839. The van der Waals surface area contributed by atoms with Crippen LogP contribution in [0.5, 0.6) is 5.75 Å². The Balaban J connectivity index is 2.14. The molecule has 0 atom stereocenters. The van der Waals surface area contributed by atoms with Crippen molar-refractivity contribution in [2.75, 3.05) is 13.7 Å². The second-order valence-corrected chi connectivity index (χ2v) is 7.44. The molecule has 160 valence electrons. The molecule has 0 fully saturated rings. The summed E-state index contributed by atoms with van der Waals surface area (Å²) in [5.74, 6) is 1.74. The number of hydrogen-bond donors (Lipinski definition) is 2. The molecular formula is C20H27F3N4O2. The number of ether oxygens (including phenoxy) is 1. The van der Waals surface area contributed by atoms with Crippen LogP contribution < -0.4 is 15.4 Å². The van der Waals surface area contributed by atoms with Gasteiger partial charge in [-0.1, -0.05) is 26.8 Å². The molecule has 2 N–H and O–H groups in total. The van der Waals surface area contributed by atoms with Crippen molar-refractivity contribution in [2.24, 2.45) is 4.99 Å². The molecule has 0 saturated heterocycles. The lowest BCUT2D eigenvalue weighted by Crippen LogP contribution is -2.36. The number of guanidine groups is 1. The first-order chi connectivity index (χ1) is 13.5. The maximum Gasteiger partial charge on any atom is 0.416 e. The molecule has 2 rings (SSSR count). The normalized spacial score (nSPS) is 12.8. The summed E-state index contributed by atoms with van der Waals surface area (Å²) in [5.41, 5.74) is -0.868. The number of rotatable bonds is 6. The summed E-state index contributed by atoms with van der Waals surface area (Å²) in [5, 5.41) is 6.03. The van der Waals surface area contributed by atoms with Gasteiger partial charge in [0.1, 0.15) is 11.5 Å². The number of benzene rings is 1. The minimum Gasteiger partial charge on any atom is -0.497 e. The SMILES string of the molecule is CCNC(=NCc1ccc(OC)cc1C(F)(F)F)NCc1ncc(C(C)(C)C)o1. The van der Waals surface area contributed by atoms with Crippen LogP contribution in [0.3, 0.4) is 0 Å². The van der Waals surface area contributed by atoms with E-state index in [0.29, 0.717) is 18.4 Å². The van der Waals surface area contributed by atoms with Crippen molar-refractivity contribution >= 4 is 5.96 Å². The first-order valence-corrected chi connectivity index (χ1v) is 9.26. The Hall–Kier alpha value is -2.71. The van der Waals surface area contributed by atoms with Gasteiger partial charge in [-0.25, -0.2) is 9.98 Å². The van der Waals surface area contributed by atoms with Crippen LogP contribution in [0.4, 0.5) is 13.2 Å². The van der Waals surface area contributed by atoms with Crippen LogP contribution in [0.2, 0.25) is 0 Å². The van der Waals surface area contributed by atoms with Gasteiger partial charge in [0.2, 0.25) is 5.89 Å². The molecule has 0 bridgehead atoms. The highest BCUT2D eigenvalue weighted by Crippen LogP contribution is 2.34. The minimum atomic E-state index is -4.49.